The summed E-state index contributed by atoms with van der Waals surface area (Å²) in [6.45, 7) is 9.09. The minimum atomic E-state index is -0.739. The molecular formula is C32H48FN3O4. The zero-order valence-corrected chi connectivity index (χ0v) is 24.6. The number of ether oxygens (including phenoxy) is 1. The first-order chi connectivity index (χ1) is 19.2. The molecule has 0 unspecified atom stereocenters. The minimum absolute atomic E-state index is 0.0918. The van der Waals surface area contributed by atoms with Crippen LogP contribution in [0.1, 0.15) is 84.1 Å². The first-order valence-corrected chi connectivity index (χ1v) is 15.5. The highest BCUT2D eigenvalue weighted by atomic mass is 19.1. The van der Waals surface area contributed by atoms with Crippen LogP contribution in [0.25, 0.3) is 0 Å². The molecule has 2 heterocycles. The van der Waals surface area contributed by atoms with E-state index in [1.165, 1.54) is 18.6 Å². The average molecular weight is 558 g/mol. The smallest absolute Gasteiger partial charge is 0.312 e. The number of carbonyl (C=O) groups excluding carboxylic acids is 3. The number of hydrogen-bond acceptors (Lipinski definition) is 5. The molecule has 4 rings (SSSR count). The molecule has 2 saturated heterocycles. The Kier molecular flexibility index (Phi) is 10.6. The molecule has 2 atom stereocenters. The van der Waals surface area contributed by atoms with Crippen LogP contribution in [0.5, 0.6) is 0 Å². The van der Waals surface area contributed by atoms with Crippen molar-refractivity contribution in [1.82, 2.24) is 15.1 Å². The number of rotatable bonds is 9. The van der Waals surface area contributed by atoms with E-state index in [0.717, 1.165) is 50.6 Å². The van der Waals surface area contributed by atoms with Crippen molar-refractivity contribution >= 4 is 17.8 Å². The molecular weight excluding hydrogens is 509 g/mol. The molecule has 1 aliphatic carbocycles. The summed E-state index contributed by atoms with van der Waals surface area (Å²) in [7, 11) is 0. The van der Waals surface area contributed by atoms with Crippen molar-refractivity contribution in [2.75, 3.05) is 32.8 Å². The molecule has 3 fully saturated rings. The van der Waals surface area contributed by atoms with Crippen LogP contribution in [-0.2, 0) is 25.5 Å². The third-order valence-electron chi connectivity index (χ3n) is 9.56. The van der Waals surface area contributed by atoms with Gasteiger partial charge in [0.1, 0.15) is 11.9 Å². The molecule has 2 aliphatic heterocycles. The second-order valence-corrected chi connectivity index (χ2v) is 12.4. The van der Waals surface area contributed by atoms with Gasteiger partial charge in [-0.3, -0.25) is 14.4 Å². The second kappa shape index (κ2) is 13.9. The van der Waals surface area contributed by atoms with Crippen LogP contribution in [0.15, 0.2) is 24.3 Å². The van der Waals surface area contributed by atoms with E-state index in [1.54, 1.807) is 12.1 Å². The summed E-state index contributed by atoms with van der Waals surface area (Å²) in [5.41, 5.74) is 0.262. The maximum absolute atomic E-state index is 14.0. The highest BCUT2D eigenvalue weighted by Gasteiger charge is 2.49. The Hall–Kier alpha value is -2.48. The van der Waals surface area contributed by atoms with Gasteiger partial charge in [0.15, 0.2) is 0 Å². The molecule has 1 saturated carbocycles. The van der Waals surface area contributed by atoms with Gasteiger partial charge in [-0.25, -0.2) is 4.39 Å². The number of amides is 2. The van der Waals surface area contributed by atoms with Gasteiger partial charge < -0.3 is 19.9 Å². The van der Waals surface area contributed by atoms with Crippen LogP contribution in [0.3, 0.4) is 0 Å². The molecule has 7 nitrogen and oxygen atoms in total. The quantitative estimate of drug-likeness (QED) is 0.445. The molecule has 3 aliphatic rings. The largest absolute Gasteiger partial charge is 0.466 e. The molecule has 1 N–H and O–H groups in total. The number of benzene rings is 1. The van der Waals surface area contributed by atoms with Crippen LogP contribution < -0.4 is 5.32 Å². The molecule has 0 radical (unpaired) electrons. The predicted molar refractivity (Wildman–Crippen MR) is 153 cm³/mol. The van der Waals surface area contributed by atoms with Crippen molar-refractivity contribution in [1.29, 1.82) is 0 Å². The van der Waals surface area contributed by atoms with Crippen molar-refractivity contribution in [2.45, 2.75) is 97.1 Å². The predicted octanol–water partition coefficient (Wildman–Crippen LogP) is 4.73. The highest BCUT2D eigenvalue weighted by molar-refractivity contribution is 5.89. The maximum Gasteiger partial charge on any atom is 0.312 e. The van der Waals surface area contributed by atoms with Gasteiger partial charge in [-0.15, -0.1) is 0 Å². The van der Waals surface area contributed by atoms with Gasteiger partial charge in [0, 0.05) is 32.1 Å². The number of likely N-dealkylation sites (tertiary alicyclic amines) is 2. The summed E-state index contributed by atoms with van der Waals surface area (Å²) in [4.78, 5) is 44.8. The normalized spacial score (nSPS) is 23.0. The van der Waals surface area contributed by atoms with Crippen molar-refractivity contribution in [2.24, 2.45) is 17.3 Å². The fraction of sp³-hybridized carbons (Fsp3) is 0.719. The molecule has 0 spiro atoms. The molecule has 40 heavy (non-hydrogen) atoms. The lowest BCUT2D eigenvalue weighted by atomic mass is 9.63. The average Bonchev–Trinajstić information content (AvgIpc) is 2.98. The van der Waals surface area contributed by atoms with E-state index >= 15 is 0 Å². The number of esters is 1. The first-order valence-electron chi connectivity index (χ1n) is 15.5. The van der Waals surface area contributed by atoms with Crippen LogP contribution in [0, 0.1) is 23.1 Å². The van der Waals surface area contributed by atoms with Gasteiger partial charge in [-0.05, 0) is 89.5 Å². The highest BCUT2D eigenvalue weighted by Crippen LogP contribution is 2.47. The summed E-state index contributed by atoms with van der Waals surface area (Å²) in [5, 5.41) is 3.09. The summed E-state index contributed by atoms with van der Waals surface area (Å²) in [6.07, 6.45) is 8.78. The fourth-order valence-corrected chi connectivity index (χ4v) is 7.09. The lowest BCUT2D eigenvalue weighted by molar-refractivity contribution is -0.166. The van der Waals surface area contributed by atoms with Crippen LogP contribution >= 0.6 is 0 Å². The number of nitrogens with one attached hydrogen (secondary N) is 1. The lowest BCUT2D eigenvalue weighted by Gasteiger charge is -2.46. The molecule has 1 aromatic carbocycles. The van der Waals surface area contributed by atoms with E-state index in [1.807, 2.05) is 11.8 Å². The van der Waals surface area contributed by atoms with Gasteiger partial charge in [-0.2, -0.15) is 0 Å². The summed E-state index contributed by atoms with van der Waals surface area (Å²) in [6, 6.07) is 5.75. The van der Waals surface area contributed by atoms with Crippen LogP contribution in [-0.4, -0.2) is 72.5 Å². The Bertz CT molecular complexity index is 1000. The van der Waals surface area contributed by atoms with Crippen LogP contribution in [0.4, 0.5) is 4.39 Å². The lowest BCUT2D eigenvalue weighted by Crippen LogP contribution is -2.57. The first kappa shape index (κ1) is 30.5. The molecule has 0 aromatic heterocycles. The topological polar surface area (TPSA) is 79.0 Å². The van der Waals surface area contributed by atoms with Crippen molar-refractivity contribution in [3.63, 3.8) is 0 Å². The summed E-state index contributed by atoms with van der Waals surface area (Å²) >= 11 is 0. The molecule has 2 amide bonds. The van der Waals surface area contributed by atoms with Gasteiger partial charge in [0.2, 0.25) is 11.8 Å². The zero-order chi connectivity index (χ0) is 28.7. The third-order valence-corrected chi connectivity index (χ3v) is 9.56. The Morgan fingerprint density at radius 3 is 2.30 bits per heavy atom. The van der Waals surface area contributed by atoms with Crippen molar-refractivity contribution in [3.8, 4) is 0 Å². The Balaban J connectivity index is 1.48. The number of hydrogen-bond donors (Lipinski definition) is 1. The molecule has 8 heteroatoms. The van der Waals surface area contributed by atoms with Crippen molar-refractivity contribution in [3.05, 3.63) is 35.6 Å². The Labute approximate surface area is 239 Å². The second-order valence-electron chi connectivity index (χ2n) is 12.4. The zero-order valence-electron chi connectivity index (χ0n) is 24.6. The van der Waals surface area contributed by atoms with Gasteiger partial charge in [0.05, 0.1) is 17.9 Å². The minimum Gasteiger partial charge on any atom is -0.466 e. The van der Waals surface area contributed by atoms with Crippen LogP contribution in [0.2, 0.25) is 0 Å². The van der Waals surface area contributed by atoms with Crippen molar-refractivity contribution < 1.29 is 23.5 Å². The number of nitrogens with zero attached hydrogens (tertiary/aromatic N) is 2. The Morgan fingerprint density at radius 1 is 1.00 bits per heavy atom. The van der Waals surface area contributed by atoms with E-state index < -0.39 is 11.5 Å². The van der Waals surface area contributed by atoms with Gasteiger partial charge >= 0.3 is 5.97 Å². The van der Waals surface area contributed by atoms with E-state index in [2.05, 4.69) is 24.1 Å². The standard InChI is InChI=1S/C32H48FN3O4/c1-4-40-31(39)32(26-10-6-5-7-11-26)16-19-35(20-17-32)30(38)28(21-24-12-14-27(33)15-13-24)34-29(37)25-9-8-18-36(22-25)23(2)3/h12-15,23,25-26,28H,4-11,16-22H2,1-3H3,(H,34,37)/t25-,28-/m1/s1. The fourth-order valence-electron chi connectivity index (χ4n) is 7.09. The Morgan fingerprint density at radius 2 is 1.68 bits per heavy atom. The molecule has 222 valence electrons. The third kappa shape index (κ3) is 7.23. The number of piperidine rings is 2. The summed E-state index contributed by atoms with van der Waals surface area (Å²) in [5.74, 6) is -0.537. The summed E-state index contributed by atoms with van der Waals surface area (Å²) < 4.78 is 19.2. The van der Waals surface area contributed by atoms with Gasteiger partial charge in [-0.1, -0.05) is 31.4 Å². The van der Waals surface area contributed by atoms with E-state index in [4.69, 9.17) is 4.74 Å². The SMILES string of the molecule is CCOC(=O)C1(C2CCCCC2)CCN(C(=O)[C@@H](Cc2ccc(F)cc2)NC(=O)[C@@H]2CCCN(C(C)C)C2)CC1. The molecule has 1 aromatic rings. The maximum atomic E-state index is 14.0. The number of halogens is 1. The van der Waals surface area contributed by atoms with E-state index in [9.17, 15) is 18.8 Å². The van der Waals surface area contributed by atoms with E-state index in [0.29, 0.717) is 57.5 Å². The van der Waals surface area contributed by atoms with Gasteiger partial charge in [0.25, 0.3) is 0 Å². The monoisotopic (exact) mass is 557 g/mol. The van der Waals surface area contributed by atoms with E-state index in [-0.39, 0.29) is 29.5 Å². The number of carbonyl (C=O) groups is 3. The molecule has 0 bridgehead atoms.